The van der Waals surface area contributed by atoms with E-state index in [1.165, 1.54) is 19.3 Å². The Morgan fingerprint density at radius 2 is 2.20 bits per heavy atom. The van der Waals surface area contributed by atoms with Gasteiger partial charge in [-0.15, -0.1) is 0 Å². The van der Waals surface area contributed by atoms with Crippen molar-refractivity contribution in [3.63, 3.8) is 0 Å². The van der Waals surface area contributed by atoms with Crippen molar-refractivity contribution in [3.05, 3.63) is 63.0 Å². The van der Waals surface area contributed by atoms with Gasteiger partial charge in [-0.25, -0.2) is 0 Å². The van der Waals surface area contributed by atoms with E-state index in [2.05, 4.69) is 0 Å². The molecule has 2 rings (SSSR count). The fourth-order valence-electron chi connectivity index (χ4n) is 1.57. The van der Waals surface area contributed by atoms with E-state index in [0.717, 1.165) is 11.3 Å². The number of rotatable bonds is 5. The van der Waals surface area contributed by atoms with Crippen LogP contribution in [0.3, 0.4) is 0 Å². The minimum atomic E-state index is -0.452. The van der Waals surface area contributed by atoms with Crippen molar-refractivity contribution in [3.8, 4) is 5.75 Å². The third kappa shape index (κ3) is 3.30. The maximum atomic E-state index is 12.0. The lowest BCUT2D eigenvalue weighted by molar-refractivity contribution is -0.380. The van der Waals surface area contributed by atoms with Crippen LogP contribution < -0.4 is 4.74 Å². The summed E-state index contributed by atoms with van der Waals surface area (Å²) in [4.78, 5) is 22.1. The van der Waals surface area contributed by atoms with Crippen LogP contribution in [0.15, 0.2) is 41.8 Å². The summed E-state index contributed by atoms with van der Waals surface area (Å²) in [6.45, 7) is 0. The van der Waals surface area contributed by atoms with Gasteiger partial charge in [0.1, 0.15) is 5.75 Å². The smallest absolute Gasteiger partial charge is 0.324 e. The molecule has 0 unspecified atom stereocenters. The molecule has 0 aliphatic carbocycles. The van der Waals surface area contributed by atoms with Gasteiger partial charge in [0.25, 0.3) is 0 Å². The van der Waals surface area contributed by atoms with Crippen molar-refractivity contribution >= 4 is 28.2 Å². The van der Waals surface area contributed by atoms with Crippen LogP contribution in [0, 0.1) is 10.1 Å². The first kappa shape index (κ1) is 14.0. The molecule has 102 valence electrons. The van der Waals surface area contributed by atoms with Gasteiger partial charge in [-0.1, -0.05) is 23.5 Å². The van der Waals surface area contributed by atoms with Crippen LogP contribution in [0.4, 0.5) is 5.00 Å². The molecule has 6 heteroatoms. The summed E-state index contributed by atoms with van der Waals surface area (Å²) >= 11 is 1.03. The lowest BCUT2D eigenvalue weighted by atomic mass is 10.1. The molecule has 0 amide bonds. The molecule has 0 saturated heterocycles. The average Bonchev–Trinajstić information content (AvgIpc) is 2.94. The number of thiophene rings is 1. The van der Waals surface area contributed by atoms with Crippen molar-refractivity contribution in [2.24, 2.45) is 0 Å². The van der Waals surface area contributed by atoms with E-state index >= 15 is 0 Å². The molecular weight excluding hydrogens is 278 g/mol. The van der Waals surface area contributed by atoms with Crippen molar-refractivity contribution in [2.75, 3.05) is 7.11 Å². The van der Waals surface area contributed by atoms with Gasteiger partial charge in [0.05, 0.1) is 12.0 Å². The Balaban J connectivity index is 2.13. The molecule has 0 saturated carbocycles. The lowest BCUT2D eigenvalue weighted by Crippen LogP contribution is -1.94. The Hall–Kier alpha value is -2.47. The summed E-state index contributed by atoms with van der Waals surface area (Å²) in [5.74, 6) is 0.424. The molecular formula is C14H11NO4S. The molecule has 1 heterocycles. The van der Waals surface area contributed by atoms with Crippen LogP contribution in [0.1, 0.15) is 15.9 Å². The monoisotopic (exact) mass is 289 g/mol. The number of methoxy groups -OCH3 is 1. The van der Waals surface area contributed by atoms with Gasteiger partial charge in [-0.3, -0.25) is 14.9 Å². The summed E-state index contributed by atoms with van der Waals surface area (Å²) in [7, 11) is 1.53. The summed E-state index contributed by atoms with van der Waals surface area (Å²) in [5, 5.41) is 12.2. The number of carbonyl (C=O) groups excluding carboxylic acids is 1. The third-order valence-corrected chi connectivity index (χ3v) is 3.47. The lowest BCUT2D eigenvalue weighted by Gasteiger charge is -2.00. The van der Waals surface area contributed by atoms with Crippen LogP contribution >= 0.6 is 11.3 Å². The number of carbonyl (C=O) groups is 1. The van der Waals surface area contributed by atoms with Gasteiger partial charge in [0.2, 0.25) is 0 Å². The van der Waals surface area contributed by atoms with Gasteiger partial charge < -0.3 is 4.74 Å². The van der Waals surface area contributed by atoms with Crippen molar-refractivity contribution < 1.29 is 14.5 Å². The molecule has 0 radical (unpaired) electrons. The Labute approximate surface area is 119 Å². The first-order valence-electron chi connectivity index (χ1n) is 5.69. The van der Waals surface area contributed by atoms with Crippen LogP contribution in [-0.2, 0) is 0 Å². The molecule has 0 fully saturated rings. The van der Waals surface area contributed by atoms with Gasteiger partial charge in [-0.05, 0) is 29.8 Å². The molecule has 0 N–H and O–H groups in total. The summed E-state index contributed by atoms with van der Waals surface area (Å²) in [5.41, 5.74) is 1.14. The van der Waals surface area contributed by atoms with Gasteiger partial charge in [0.15, 0.2) is 5.78 Å². The highest BCUT2D eigenvalue weighted by Gasteiger charge is 2.08. The molecule has 0 atom stereocenters. The zero-order chi connectivity index (χ0) is 14.5. The van der Waals surface area contributed by atoms with E-state index in [1.54, 1.807) is 35.7 Å². The number of nitrogens with zero attached hydrogens (tertiary/aromatic N) is 1. The van der Waals surface area contributed by atoms with E-state index < -0.39 is 4.92 Å². The number of benzene rings is 1. The van der Waals surface area contributed by atoms with Crippen LogP contribution in [0.2, 0.25) is 0 Å². The zero-order valence-corrected chi connectivity index (χ0v) is 11.4. The molecule has 20 heavy (non-hydrogen) atoms. The first-order chi connectivity index (χ1) is 9.60. The summed E-state index contributed by atoms with van der Waals surface area (Å²) in [6, 6.07) is 8.24. The van der Waals surface area contributed by atoms with E-state index in [1.807, 2.05) is 0 Å². The minimum Gasteiger partial charge on any atom is -0.497 e. The number of hydrogen-bond donors (Lipinski definition) is 0. The second-order valence-electron chi connectivity index (χ2n) is 3.90. The average molecular weight is 289 g/mol. The molecule has 2 aromatic rings. The minimum absolute atomic E-state index is 0.0541. The van der Waals surface area contributed by atoms with E-state index in [0.29, 0.717) is 16.9 Å². The number of ketones is 1. The van der Waals surface area contributed by atoms with Crippen LogP contribution in [-0.4, -0.2) is 17.8 Å². The molecule has 0 bridgehead atoms. The standard InChI is InChI=1S/C14H11NO4S/c1-19-12-4-2-3-11(8-12)13(16)6-5-10-7-14(15(17)18)20-9-10/h2-9H,1H3/b6-5+. The van der Waals surface area contributed by atoms with Gasteiger partial charge >= 0.3 is 5.00 Å². The Morgan fingerprint density at radius 3 is 2.85 bits per heavy atom. The number of hydrogen-bond acceptors (Lipinski definition) is 5. The van der Waals surface area contributed by atoms with Crippen molar-refractivity contribution in [1.29, 1.82) is 0 Å². The molecule has 1 aromatic heterocycles. The highest BCUT2D eigenvalue weighted by Crippen LogP contribution is 2.23. The molecule has 5 nitrogen and oxygen atoms in total. The fourth-order valence-corrected chi connectivity index (χ4v) is 2.26. The highest BCUT2D eigenvalue weighted by atomic mass is 32.1. The topological polar surface area (TPSA) is 69.4 Å². The maximum absolute atomic E-state index is 12.0. The van der Waals surface area contributed by atoms with E-state index in [9.17, 15) is 14.9 Å². The Kier molecular flexibility index (Phi) is 4.27. The zero-order valence-electron chi connectivity index (χ0n) is 10.6. The maximum Gasteiger partial charge on any atom is 0.324 e. The van der Waals surface area contributed by atoms with Crippen molar-refractivity contribution in [2.45, 2.75) is 0 Å². The SMILES string of the molecule is COc1cccc(C(=O)/C=C/c2csc([N+](=O)[O-])c2)c1. The fraction of sp³-hybridized carbons (Fsp3) is 0.0714. The summed E-state index contributed by atoms with van der Waals surface area (Å²) in [6.07, 6.45) is 2.95. The van der Waals surface area contributed by atoms with Crippen LogP contribution in [0.5, 0.6) is 5.75 Å². The highest BCUT2D eigenvalue weighted by molar-refractivity contribution is 7.13. The normalized spacial score (nSPS) is 10.7. The molecule has 0 spiro atoms. The number of ether oxygens (including phenoxy) is 1. The predicted octanol–water partition coefficient (Wildman–Crippen LogP) is 3.56. The van der Waals surface area contributed by atoms with Crippen LogP contribution in [0.25, 0.3) is 6.08 Å². The Morgan fingerprint density at radius 1 is 1.40 bits per heavy atom. The third-order valence-electron chi connectivity index (χ3n) is 2.57. The largest absolute Gasteiger partial charge is 0.497 e. The van der Waals surface area contributed by atoms with E-state index in [-0.39, 0.29) is 10.8 Å². The van der Waals surface area contributed by atoms with Gasteiger partial charge in [0, 0.05) is 17.0 Å². The second kappa shape index (κ2) is 6.12. The number of allylic oxidation sites excluding steroid dienone is 1. The predicted molar refractivity (Wildman–Crippen MR) is 77.3 cm³/mol. The molecule has 1 aromatic carbocycles. The second-order valence-corrected chi connectivity index (χ2v) is 4.79. The molecule has 0 aliphatic rings. The first-order valence-corrected chi connectivity index (χ1v) is 6.57. The molecule has 0 aliphatic heterocycles. The quantitative estimate of drug-likeness (QED) is 0.365. The van der Waals surface area contributed by atoms with Crippen molar-refractivity contribution in [1.82, 2.24) is 0 Å². The Bertz CT molecular complexity index is 675. The summed E-state index contributed by atoms with van der Waals surface area (Å²) < 4.78 is 5.05. The van der Waals surface area contributed by atoms with E-state index in [4.69, 9.17) is 4.74 Å². The van der Waals surface area contributed by atoms with Gasteiger partial charge in [-0.2, -0.15) is 0 Å². The number of nitro groups is 1.